The fourth-order valence-corrected chi connectivity index (χ4v) is 5.32. The van der Waals surface area contributed by atoms with Gasteiger partial charge in [0.15, 0.2) is 17.3 Å². The molecular weight excluding hydrogens is 498 g/mol. The van der Waals surface area contributed by atoms with Crippen molar-refractivity contribution in [2.75, 3.05) is 13.1 Å². The number of nitrogens with one attached hydrogen (secondary N) is 2. The molecule has 0 radical (unpaired) electrons. The van der Waals surface area contributed by atoms with Crippen LogP contribution in [0.5, 0.6) is 0 Å². The number of imidazole rings is 1. The molecule has 0 saturated carbocycles. The maximum Gasteiger partial charge on any atom is 0.178 e. The van der Waals surface area contributed by atoms with Crippen molar-refractivity contribution in [3.8, 4) is 33.9 Å². The third kappa shape index (κ3) is 4.32. The van der Waals surface area contributed by atoms with E-state index in [4.69, 9.17) is 0 Å². The molecule has 0 aliphatic carbocycles. The van der Waals surface area contributed by atoms with E-state index in [1.165, 1.54) is 31.4 Å². The van der Waals surface area contributed by atoms with Crippen LogP contribution < -0.4 is 0 Å². The molecular formula is C29H24F2N8. The number of hydrogen-bond acceptors (Lipinski definition) is 6. The van der Waals surface area contributed by atoms with E-state index < -0.39 is 5.82 Å². The van der Waals surface area contributed by atoms with Crippen molar-refractivity contribution < 1.29 is 8.78 Å². The number of benzene rings is 1. The van der Waals surface area contributed by atoms with Gasteiger partial charge < -0.3 is 4.98 Å². The van der Waals surface area contributed by atoms with Crippen LogP contribution in [0.1, 0.15) is 24.8 Å². The number of aromatic amines is 2. The van der Waals surface area contributed by atoms with Gasteiger partial charge >= 0.3 is 0 Å². The minimum Gasteiger partial charge on any atom is -0.335 e. The van der Waals surface area contributed by atoms with Crippen molar-refractivity contribution in [2.24, 2.45) is 0 Å². The number of likely N-dealkylation sites (tertiary alicyclic amines) is 1. The first kappa shape index (κ1) is 23.5. The zero-order valence-corrected chi connectivity index (χ0v) is 21.0. The van der Waals surface area contributed by atoms with Crippen molar-refractivity contribution in [3.63, 3.8) is 0 Å². The number of halogens is 2. The predicted molar refractivity (Wildman–Crippen MR) is 144 cm³/mol. The summed E-state index contributed by atoms with van der Waals surface area (Å²) in [5, 5.41) is 7.52. The first-order chi connectivity index (χ1) is 19.1. The summed E-state index contributed by atoms with van der Waals surface area (Å²) in [5.41, 5.74) is 5.34. The summed E-state index contributed by atoms with van der Waals surface area (Å²) in [6, 6.07) is 9.98. The Hall–Kier alpha value is -4.57. The Bertz CT molecular complexity index is 1800. The second-order valence-corrected chi connectivity index (χ2v) is 9.85. The SMILES string of the molecule is Fc1ccc(-c2ccnc3nc(-c4n[nH]c5cnc(-c6cncc(CN7CCCCC7)c6)c(F)c45)[nH]c23)cc1. The van der Waals surface area contributed by atoms with Crippen LogP contribution in [-0.2, 0) is 6.54 Å². The van der Waals surface area contributed by atoms with Crippen LogP contribution in [0.3, 0.4) is 0 Å². The molecule has 1 saturated heterocycles. The molecule has 6 heterocycles. The van der Waals surface area contributed by atoms with Gasteiger partial charge in [0.2, 0.25) is 0 Å². The summed E-state index contributed by atoms with van der Waals surface area (Å²) < 4.78 is 29.6. The van der Waals surface area contributed by atoms with E-state index in [1.807, 2.05) is 18.3 Å². The maximum atomic E-state index is 16.1. The lowest BCUT2D eigenvalue weighted by molar-refractivity contribution is 0.220. The van der Waals surface area contributed by atoms with Crippen LogP contribution in [0.2, 0.25) is 0 Å². The van der Waals surface area contributed by atoms with Gasteiger partial charge in [0, 0.05) is 36.3 Å². The second kappa shape index (κ2) is 9.63. The number of pyridine rings is 3. The van der Waals surface area contributed by atoms with Crippen molar-refractivity contribution >= 4 is 22.1 Å². The lowest BCUT2D eigenvalue weighted by atomic mass is 10.1. The van der Waals surface area contributed by atoms with Gasteiger partial charge in [0.25, 0.3) is 0 Å². The molecule has 1 aliphatic rings. The Morgan fingerprint density at radius 1 is 0.872 bits per heavy atom. The highest BCUT2D eigenvalue weighted by Crippen LogP contribution is 2.34. The molecule has 0 amide bonds. The lowest BCUT2D eigenvalue weighted by Gasteiger charge is -2.26. The van der Waals surface area contributed by atoms with Gasteiger partial charge in [-0.25, -0.2) is 18.7 Å². The van der Waals surface area contributed by atoms with E-state index in [1.54, 1.807) is 30.7 Å². The van der Waals surface area contributed by atoms with Gasteiger partial charge in [-0.3, -0.25) is 20.0 Å². The average molecular weight is 523 g/mol. The zero-order chi connectivity index (χ0) is 26.3. The number of H-pyrrole nitrogens is 2. The van der Waals surface area contributed by atoms with Gasteiger partial charge in [-0.2, -0.15) is 5.10 Å². The highest BCUT2D eigenvalue weighted by molar-refractivity contribution is 5.97. The van der Waals surface area contributed by atoms with Crippen LogP contribution in [0, 0.1) is 11.6 Å². The third-order valence-corrected chi connectivity index (χ3v) is 7.24. The fourth-order valence-electron chi connectivity index (χ4n) is 5.32. The van der Waals surface area contributed by atoms with Gasteiger partial charge in [-0.1, -0.05) is 18.6 Å². The van der Waals surface area contributed by atoms with Crippen molar-refractivity contribution in [3.05, 3.63) is 78.4 Å². The van der Waals surface area contributed by atoms with E-state index in [-0.39, 0.29) is 16.9 Å². The Morgan fingerprint density at radius 2 is 1.72 bits per heavy atom. The Morgan fingerprint density at radius 3 is 2.56 bits per heavy atom. The number of fused-ring (bicyclic) bond motifs is 2. The van der Waals surface area contributed by atoms with Gasteiger partial charge in [-0.05, 0) is 61.3 Å². The summed E-state index contributed by atoms with van der Waals surface area (Å²) >= 11 is 0. The number of aromatic nitrogens is 7. The Balaban J connectivity index is 1.29. The first-order valence-electron chi connectivity index (χ1n) is 12.9. The standard InChI is InChI=1S/C29H24F2N8/c30-20-6-4-18(5-7-20)21-8-9-33-28-26(21)35-29(36-28)27-23-22(37-38-27)15-34-25(24(23)31)19-12-17(13-32-14-19)16-39-10-2-1-3-11-39/h4-9,12-15H,1-3,10-11,16H2,(H,37,38)(H,33,35,36). The normalized spacial score (nSPS) is 14.4. The van der Waals surface area contributed by atoms with Crippen LogP contribution in [0.25, 0.3) is 56.0 Å². The van der Waals surface area contributed by atoms with Crippen molar-refractivity contribution in [1.29, 1.82) is 0 Å². The maximum absolute atomic E-state index is 16.1. The van der Waals surface area contributed by atoms with E-state index in [2.05, 4.69) is 40.0 Å². The summed E-state index contributed by atoms with van der Waals surface area (Å²) in [7, 11) is 0. The Labute approximate surface area is 222 Å². The van der Waals surface area contributed by atoms with Crippen LogP contribution >= 0.6 is 0 Å². The molecule has 10 heteroatoms. The van der Waals surface area contributed by atoms with Crippen molar-refractivity contribution in [1.82, 2.24) is 40.0 Å². The fraction of sp³-hybridized carbons (Fsp3) is 0.207. The minimum absolute atomic E-state index is 0.208. The molecule has 8 nitrogen and oxygen atoms in total. The molecule has 5 aromatic heterocycles. The molecule has 0 unspecified atom stereocenters. The van der Waals surface area contributed by atoms with Crippen LogP contribution in [-0.4, -0.2) is 53.1 Å². The number of piperidine rings is 1. The summed E-state index contributed by atoms with van der Waals surface area (Å²) in [6.07, 6.45) is 10.4. The van der Waals surface area contributed by atoms with E-state index in [9.17, 15) is 4.39 Å². The lowest BCUT2D eigenvalue weighted by Crippen LogP contribution is -2.29. The molecule has 1 fully saturated rings. The van der Waals surface area contributed by atoms with Gasteiger partial charge in [-0.15, -0.1) is 0 Å². The van der Waals surface area contributed by atoms with Gasteiger partial charge in [0.1, 0.15) is 17.2 Å². The third-order valence-electron chi connectivity index (χ3n) is 7.24. The summed E-state index contributed by atoms with van der Waals surface area (Å²) in [6.45, 7) is 2.91. The molecule has 7 rings (SSSR count). The molecule has 0 atom stereocenters. The predicted octanol–water partition coefficient (Wildman–Crippen LogP) is 5.89. The second-order valence-electron chi connectivity index (χ2n) is 9.85. The largest absolute Gasteiger partial charge is 0.335 e. The van der Waals surface area contributed by atoms with Crippen molar-refractivity contribution in [2.45, 2.75) is 25.8 Å². The zero-order valence-electron chi connectivity index (χ0n) is 21.0. The van der Waals surface area contributed by atoms with Gasteiger partial charge in [0.05, 0.1) is 22.6 Å². The highest BCUT2D eigenvalue weighted by atomic mass is 19.1. The number of hydrogen-bond donors (Lipinski definition) is 2. The van der Waals surface area contributed by atoms with Crippen LogP contribution in [0.4, 0.5) is 8.78 Å². The molecule has 0 bridgehead atoms. The quantitative estimate of drug-likeness (QED) is 0.293. The number of nitrogens with zero attached hydrogens (tertiary/aromatic N) is 6. The molecule has 1 aliphatic heterocycles. The summed E-state index contributed by atoms with van der Waals surface area (Å²) in [4.78, 5) is 23.4. The highest BCUT2D eigenvalue weighted by Gasteiger charge is 2.22. The first-order valence-corrected chi connectivity index (χ1v) is 12.9. The molecule has 2 N–H and O–H groups in total. The monoisotopic (exact) mass is 522 g/mol. The van der Waals surface area contributed by atoms with E-state index in [0.717, 1.165) is 36.3 Å². The minimum atomic E-state index is -0.500. The van der Waals surface area contributed by atoms with Crippen LogP contribution in [0.15, 0.2) is 61.2 Å². The molecule has 0 spiro atoms. The smallest absolute Gasteiger partial charge is 0.178 e. The molecule has 6 aromatic rings. The summed E-state index contributed by atoms with van der Waals surface area (Å²) in [5.74, 6) is -0.448. The topological polar surface area (TPSA) is 99.3 Å². The van der Waals surface area contributed by atoms with E-state index in [0.29, 0.717) is 33.8 Å². The molecule has 194 valence electrons. The average Bonchev–Trinajstić information content (AvgIpc) is 3.59. The molecule has 1 aromatic carbocycles. The van der Waals surface area contributed by atoms with E-state index >= 15 is 4.39 Å². The Kier molecular flexibility index (Phi) is 5.81. The number of rotatable bonds is 5. The molecule has 39 heavy (non-hydrogen) atoms.